The highest BCUT2D eigenvalue weighted by Crippen LogP contribution is 2.58. The summed E-state index contributed by atoms with van der Waals surface area (Å²) in [6.45, 7) is 0. The fraction of sp³-hybridized carbons (Fsp3) is 0.714. The van der Waals surface area contributed by atoms with Gasteiger partial charge in [-0.1, -0.05) is 0 Å². The molecule has 3 saturated heterocycles. The zero-order valence-corrected chi connectivity index (χ0v) is 11.3. The van der Waals surface area contributed by atoms with E-state index in [9.17, 15) is 9.59 Å². The molecule has 6 nitrogen and oxygen atoms in total. The van der Waals surface area contributed by atoms with Gasteiger partial charge in [0.1, 0.15) is 0 Å². The molecule has 20 heavy (non-hydrogen) atoms. The Morgan fingerprint density at radius 3 is 1.75 bits per heavy atom. The van der Waals surface area contributed by atoms with Crippen LogP contribution in [0.25, 0.3) is 0 Å². The van der Waals surface area contributed by atoms with Gasteiger partial charge in [-0.25, -0.2) is 9.59 Å². The SMILES string of the molecule is COC(=O)C1=C(C(=O)OC)[C@@H]2O[C@H]1[C@@H]1[C@H]2[C@@H]2CC[C@@H]1O2. The largest absolute Gasteiger partial charge is 0.466 e. The Morgan fingerprint density at radius 1 is 0.900 bits per heavy atom. The van der Waals surface area contributed by atoms with Gasteiger partial charge in [0.05, 0.1) is 49.8 Å². The van der Waals surface area contributed by atoms with Crippen LogP contribution in [0.3, 0.4) is 0 Å². The number of methoxy groups -OCH3 is 2. The predicted octanol–water partition coefficient (Wildman–Crippen LogP) is 0.204. The number of carbonyl (C=O) groups excluding carboxylic acids is 2. The first-order valence-electron chi connectivity index (χ1n) is 6.89. The lowest BCUT2D eigenvalue weighted by molar-refractivity contribution is -0.139. The van der Waals surface area contributed by atoms with Crippen LogP contribution in [0, 0.1) is 11.8 Å². The smallest absolute Gasteiger partial charge is 0.337 e. The highest BCUT2D eigenvalue weighted by molar-refractivity contribution is 6.03. The average molecular weight is 280 g/mol. The zero-order chi connectivity index (χ0) is 14.0. The molecular weight excluding hydrogens is 264 g/mol. The van der Waals surface area contributed by atoms with E-state index >= 15 is 0 Å². The fourth-order valence-electron chi connectivity index (χ4n) is 4.38. The summed E-state index contributed by atoms with van der Waals surface area (Å²) in [5.74, 6) is -0.666. The monoisotopic (exact) mass is 280 g/mol. The van der Waals surface area contributed by atoms with Crippen molar-refractivity contribution in [3.05, 3.63) is 11.1 Å². The van der Waals surface area contributed by atoms with Crippen molar-refractivity contribution in [2.45, 2.75) is 37.3 Å². The normalized spacial score (nSPS) is 43.9. The summed E-state index contributed by atoms with van der Waals surface area (Å²) < 4.78 is 21.5. The van der Waals surface area contributed by atoms with Crippen LogP contribution in [0.15, 0.2) is 11.1 Å². The molecule has 108 valence electrons. The average Bonchev–Trinajstić information content (AvgIpc) is 3.20. The van der Waals surface area contributed by atoms with Gasteiger partial charge < -0.3 is 18.9 Å². The second-order valence-corrected chi connectivity index (χ2v) is 5.73. The standard InChI is InChI=1S/C14H16O6/c1-17-13(15)9-10(14(16)18-2)12-8-6-4-3-5(19-6)7(8)11(9)20-12/h5-8,11-12H,3-4H2,1-2H3/t5-,6-,7-,8+,11-,12+/m0/s1. The molecule has 0 unspecified atom stereocenters. The van der Waals surface area contributed by atoms with E-state index in [1.165, 1.54) is 14.2 Å². The van der Waals surface area contributed by atoms with Crippen molar-refractivity contribution < 1.29 is 28.5 Å². The molecule has 6 atom stereocenters. The lowest BCUT2D eigenvalue weighted by atomic mass is 9.69. The van der Waals surface area contributed by atoms with Gasteiger partial charge in [-0.3, -0.25) is 0 Å². The fourth-order valence-corrected chi connectivity index (χ4v) is 4.38. The molecule has 0 amide bonds. The Kier molecular flexibility index (Phi) is 2.50. The molecule has 3 fully saturated rings. The van der Waals surface area contributed by atoms with Gasteiger partial charge in [0.2, 0.25) is 0 Å². The van der Waals surface area contributed by atoms with E-state index in [2.05, 4.69) is 0 Å². The van der Waals surface area contributed by atoms with Crippen LogP contribution < -0.4 is 0 Å². The topological polar surface area (TPSA) is 71.1 Å². The number of carbonyl (C=O) groups is 2. The molecule has 4 aliphatic rings. The van der Waals surface area contributed by atoms with Crippen molar-refractivity contribution in [1.29, 1.82) is 0 Å². The molecule has 0 saturated carbocycles. The van der Waals surface area contributed by atoms with Crippen LogP contribution in [0.1, 0.15) is 12.8 Å². The van der Waals surface area contributed by atoms with E-state index < -0.39 is 11.9 Å². The minimum atomic E-state index is -0.501. The molecule has 0 N–H and O–H groups in total. The third-order valence-corrected chi connectivity index (χ3v) is 5.05. The summed E-state index contributed by atoms with van der Waals surface area (Å²) in [5.41, 5.74) is 0.670. The van der Waals surface area contributed by atoms with Gasteiger partial charge in [-0.05, 0) is 12.8 Å². The Balaban J connectivity index is 1.79. The van der Waals surface area contributed by atoms with Crippen LogP contribution in [0.4, 0.5) is 0 Å². The maximum atomic E-state index is 12.0. The van der Waals surface area contributed by atoms with Crippen molar-refractivity contribution in [2.24, 2.45) is 11.8 Å². The van der Waals surface area contributed by atoms with E-state index in [1.807, 2.05) is 0 Å². The molecule has 0 radical (unpaired) electrons. The van der Waals surface area contributed by atoms with Crippen molar-refractivity contribution in [3.8, 4) is 0 Å². The molecule has 4 aliphatic heterocycles. The molecular formula is C14H16O6. The number of hydrogen-bond donors (Lipinski definition) is 0. The second-order valence-electron chi connectivity index (χ2n) is 5.73. The summed E-state index contributed by atoms with van der Waals surface area (Å²) in [4.78, 5) is 24.0. The predicted molar refractivity (Wildman–Crippen MR) is 64.6 cm³/mol. The van der Waals surface area contributed by atoms with Crippen LogP contribution in [0.5, 0.6) is 0 Å². The minimum Gasteiger partial charge on any atom is -0.466 e. The van der Waals surface area contributed by atoms with E-state index in [0.717, 1.165) is 12.8 Å². The van der Waals surface area contributed by atoms with Crippen molar-refractivity contribution in [2.75, 3.05) is 14.2 Å². The van der Waals surface area contributed by atoms with Crippen LogP contribution >= 0.6 is 0 Å². The third-order valence-electron chi connectivity index (χ3n) is 5.05. The summed E-state index contributed by atoms with van der Waals surface area (Å²) in [6.07, 6.45) is 1.50. The molecule has 6 heteroatoms. The number of rotatable bonds is 2. The Bertz CT molecular complexity index is 480. The van der Waals surface area contributed by atoms with Gasteiger partial charge in [-0.15, -0.1) is 0 Å². The van der Waals surface area contributed by atoms with Crippen LogP contribution in [-0.2, 0) is 28.5 Å². The summed E-state index contributed by atoms with van der Waals surface area (Å²) in [5, 5.41) is 0. The highest BCUT2D eigenvalue weighted by Gasteiger charge is 2.67. The van der Waals surface area contributed by atoms with Crippen molar-refractivity contribution >= 4 is 11.9 Å². The zero-order valence-electron chi connectivity index (χ0n) is 11.3. The maximum Gasteiger partial charge on any atom is 0.337 e. The van der Waals surface area contributed by atoms with Gasteiger partial charge in [0.25, 0.3) is 0 Å². The molecule has 0 aromatic rings. The minimum absolute atomic E-state index is 0.138. The van der Waals surface area contributed by atoms with E-state index in [4.69, 9.17) is 18.9 Å². The molecule has 4 rings (SSSR count). The molecule has 0 aliphatic carbocycles. The second kappa shape index (κ2) is 4.05. The molecule has 0 spiro atoms. The van der Waals surface area contributed by atoms with Crippen LogP contribution in [-0.4, -0.2) is 50.6 Å². The van der Waals surface area contributed by atoms with Gasteiger partial charge in [0.15, 0.2) is 0 Å². The number of fused-ring (bicyclic) bond motifs is 9. The van der Waals surface area contributed by atoms with Crippen LogP contribution in [0.2, 0.25) is 0 Å². The summed E-state index contributed by atoms with van der Waals surface area (Å²) in [6, 6.07) is 0. The molecule has 0 aromatic heterocycles. The first-order valence-corrected chi connectivity index (χ1v) is 6.89. The van der Waals surface area contributed by atoms with Gasteiger partial charge in [0, 0.05) is 11.8 Å². The summed E-state index contributed by atoms with van der Waals surface area (Å²) in [7, 11) is 2.62. The Labute approximate surface area is 116 Å². The maximum absolute atomic E-state index is 12.0. The van der Waals surface area contributed by atoms with Crippen molar-refractivity contribution in [3.63, 3.8) is 0 Å². The Morgan fingerprint density at radius 2 is 1.35 bits per heavy atom. The molecule has 4 bridgehead atoms. The number of esters is 2. The van der Waals surface area contributed by atoms with E-state index in [0.29, 0.717) is 11.1 Å². The van der Waals surface area contributed by atoms with E-state index in [-0.39, 0.29) is 36.3 Å². The number of ether oxygens (including phenoxy) is 4. The third kappa shape index (κ3) is 1.31. The lowest BCUT2D eigenvalue weighted by Crippen LogP contribution is -2.40. The molecule has 4 heterocycles. The quantitative estimate of drug-likeness (QED) is 0.673. The Hall–Kier alpha value is -1.40. The first-order chi connectivity index (χ1) is 9.67. The van der Waals surface area contributed by atoms with Crippen molar-refractivity contribution in [1.82, 2.24) is 0 Å². The first kappa shape index (κ1) is 12.3. The van der Waals surface area contributed by atoms with E-state index in [1.54, 1.807) is 0 Å². The highest BCUT2D eigenvalue weighted by atomic mass is 16.6. The summed E-state index contributed by atoms with van der Waals surface area (Å²) >= 11 is 0. The molecule has 0 aromatic carbocycles. The number of hydrogen-bond acceptors (Lipinski definition) is 6. The van der Waals surface area contributed by atoms with Gasteiger partial charge >= 0.3 is 11.9 Å². The lowest BCUT2D eigenvalue weighted by Gasteiger charge is -2.29. The van der Waals surface area contributed by atoms with Gasteiger partial charge in [-0.2, -0.15) is 0 Å².